The molecule has 0 unspecified atom stereocenters. The minimum absolute atomic E-state index is 0.153. The topological polar surface area (TPSA) is 33.0 Å². The lowest BCUT2D eigenvalue weighted by Gasteiger charge is -2.10. The molecular formula is C16H12F3NO. The molecule has 0 aliphatic heterocycles. The second-order valence-electron chi connectivity index (χ2n) is 4.47. The molecule has 0 saturated heterocycles. The Morgan fingerprint density at radius 1 is 1.00 bits per heavy atom. The number of hydrogen-bond donors (Lipinski definition) is 0. The van der Waals surface area contributed by atoms with Gasteiger partial charge in [-0.3, -0.25) is 0 Å². The molecule has 0 aliphatic rings. The maximum absolute atomic E-state index is 12.6. The zero-order chi connectivity index (χ0) is 15.3. The van der Waals surface area contributed by atoms with Crippen LogP contribution in [0.5, 0.6) is 5.75 Å². The first-order valence-corrected chi connectivity index (χ1v) is 6.24. The van der Waals surface area contributed by atoms with Crippen molar-refractivity contribution < 1.29 is 17.9 Å². The number of rotatable bonds is 4. The average molecular weight is 291 g/mol. The van der Waals surface area contributed by atoms with Crippen LogP contribution in [-0.4, -0.2) is 0 Å². The van der Waals surface area contributed by atoms with Gasteiger partial charge in [-0.2, -0.15) is 18.4 Å². The lowest BCUT2D eigenvalue weighted by molar-refractivity contribution is -0.137. The molecule has 5 heteroatoms. The highest BCUT2D eigenvalue weighted by Gasteiger charge is 2.30. The van der Waals surface area contributed by atoms with E-state index >= 15 is 0 Å². The number of ether oxygens (including phenoxy) is 1. The van der Waals surface area contributed by atoms with Crippen LogP contribution in [0.2, 0.25) is 0 Å². The van der Waals surface area contributed by atoms with Gasteiger partial charge in [0, 0.05) is 0 Å². The first kappa shape index (κ1) is 14.9. The molecule has 0 N–H and O–H groups in total. The van der Waals surface area contributed by atoms with Crippen LogP contribution in [0, 0.1) is 11.3 Å². The summed E-state index contributed by atoms with van der Waals surface area (Å²) in [6, 6.07) is 14.0. The number of nitrogens with zero attached hydrogens (tertiary/aromatic N) is 1. The van der Waals surface area contributed by atoms with Crippen molar-refractivity contribution in [2.75, 3.05) is 0 Å². The highest BCUT2D eigenvalue weighted by Crippen LogP contribution is 2.31. The van der Waals surface area contributed by atoms with Gasteiger partial charge in [0.15, 0.2) is 0 Å². The van der Waals surface area contributed by atoms with Crippen LogP contribution in [0.15, 0.2) is 48.5 Å². The molecular weight excluding hydrogens is 279 g/mol. The second kappa shape index (κ2) is 6.31. The van der Waals surface area contributed by atoms with Crippen LogP contribution in [0.25, 0.3) is 0 Å². The fourth-order valence-electron chi connectivity index (χ4n) is 1.85. The molecule has 0 fully saturated rings. The van der Waals surface area contributed by atoms with E-state index in [1.807, 2.05) is 12.1 Å². The summed E-state index contributed by atoms with van der Waals surface area (Å²) < 4.78 is 43.1. The quantitative estimate of drug-likeness (QED) is 0.839. The van der Waals surface area contributed by atoms with Crippen molar-refractivity contribution in [2.45, 2.75) is 19.2 Å². The van der Waals surface area contributed by atoms with Crippen LogP contribution >= 0.6 is 0 Å². The van der Waals surface area contributed by atoms with Crippen molar-refractivity contribution in [1.29, 1.82) is 5.26 Å². The molecule has 2 rings (SSSR count). The average Bonchev–Trinajstić information content (AvgIpc) is 2.45. The maximum atomic E-state index is 12.6. The van der Waals surface area contributed by atoms with Crippen molar-refractivity contribution >= 4 is 0 Å². The third-order valence-electron chi connectivity index (χ3n) is 2.84. The van der Waals surface area contributed by atoms with Crippen LogP contribution in [0.3, 0.4) is 0 Å². The van der Waals surface area contributed by atoms with E-state index < -0.39 is 11.7 Å². The molecule has 0 heterocycles. The van der Waals surface area contributed by atoms with Crippen LogP contribution in [-0.2, 0) is 19.2 Å². The summed E-state index contributed by atoms with van der Waals surface area (Å²) in [6.45, 7) is 0.153. The fraction of sp³-hybridized carbons (Fsp3) is 0.188. The monoisotopic (exact) mass is 291 g/mol. The summed E-state index contributed by atoms with van der Waals surface area (Å²) in [4.78, 5) is 0. The van der Waals surface area contributed by atoms with Gasteiger partial charge < -0.3 is 4.74 Å². The van der Waals surface area contributed by atoms with Gasteiger partial charge in [0.25, 0.3) is 0 Å². The van der Waals surface area contributed by atoms with E-state index in [0.29, 0.717) is 0 Å². The van der Waals surface area contributed by atoms with E-state index in [-0.39, 0.29) is 18.8 Å². The zero-order valence-electron chi connectivity index (χ0n) is 11.0. The summed E-state index contributed by atoms with van der Waals surface area (Å²) in [5, 5.41) is 8.64. The van der Waals surface area contributed by atoms with Crippen LogP contribution in [0.1, 0.15) is 16.7 Å². The molecule has 0 radical (unpaired) electrons. The normalized spacial score (nSPS) is 11.0. The van der Waals surface area contributed by atoms with Crippen molar-refractivity contribution in [2.24, 2.45) is 0 Å². The molecule has 0 aromatic heterocycles. The molecule has 0 spiro atoms. The lowest BCUT2D eigenvalue weighted by atomic mass is 10.1. The molecule has 2 aromatic rings. The second-order valence-corrected chi connectivity index (χ2v) is 4.47. The standard InChI is InChI=1S/C16H12F3NO/c17-16(18,19)14-5-2-6-15(10-14)21-11-13-4-1-3-12(9-13)7-8-20/h1-6,9-10H,7,11H2. The number of benzene rings is 2. The third-order valence-corrected chi connectivity index (χ3v) is 2.84. The van der Waals surface area contributed by atoms with Gasteiger partial charge in [0.2, 0.25) is 0 Å². The first-order chi connectivity index (χ1) is 9.99. The number of hydrogen-bond acceptors (Lipinski definition) is 2. The van der Waals surface area contributed by atoms with Crippen molar-refractivity contribution in [3.8, 4) is 11.8 Å². The van der Waals surface area contributed by atoms with Gasteiger partial charge in [-0.05, 0) is 29.3 Å². The molecule has 0 saturated carbocycles. The Kier molecular flexibility index (Phi) is 4.49. The van der Waals surface area contributed by atoms with Crippen molar-refractivity contribution in [1.82, 2.24) is 0 Å². The van der Waals surface area contributed by atoms with Gasteiger partial charge in [-0.25, -0.2) is 0 Å². The summed E-state index contributed by atoms with van der Waals surface area (Å²) in [5.74, 6) is 0.163. The van der Waals surface area contributed by atoms with Crippen molar-refractivity contribution in [3.05, 3.63) is 65.2 Å². The fourth-order valence-corrected chi connectivity index (χ4v) is 1.85. The zero-order valence-corrected chi connectivity index (χ0v) is 11.0. The summed E-state index contributed by atoms with van der Waals surface area (Å²) in [6.07, 6.45) is -4.09. The predicted octanol–water partition coefficient (Wildman–Crippen LogP) is 4.35. The van der Waals surface area contributed by atoms with Crippen LogP contribution in [0.4, 0.5) is 13.2 Å². The Morgan fingerprint density at radius 2 is 1.71 bits per heavy atom. The number of nitriles is 1. The Morgan fingerprint density at radius 3 is 2.43 bits per heavy atom. The largest absolute Gasteiger partial charge is 0.489 e. The summed E-state index contributed by atoms with van der Waals surface area (Å²) in [7, 11) is 0. The highest BCUT2D eigenvalue weighted by atomic mass is 19.4. The van der Waals surface area contributed by atoms with Gasteiger partial charge in [0.1, 0.15) is 12.4 Å². The minimum Gasteiger partial charge on any atom is -0.489 e. The Hall–Kier alpha value is -2.48. The molecule has 0 bridgehead atoms. The van der Waals surface area contributed by atoms with Gasteiger partial charge in [0.05, 0.1) is 18.1 Å². The smallest absolute Gasteiger partial charge is 0.416 e. The SMILES string of the molecule is N#CCc1cccc(COc2cccc(C(F)(F)F)c2)c1. The van der Waals surface area contributed by atoms with Crippen molar-refractivity contribution in [3.63, 3.8) is 0 Å². The highest BCUT2D eigenvalue weighted by molar-refractivity contribution is 5.31. The van der Waals surface area contributed by atoms with Gasteiger partial charge in [-0.15, -0.1) is 0 Å². The van der Waals surface area contributed by atoms with E-state index in [9.17, 15) is 13.2 Å². The molecule has 0 aliphatic carbocycles. The van der Waals surface area contributed by atoms with E-state index in [0.717, 1.165) is 23.3 Å². The van der Waals surface area contributed by atoms with E-state index in [4.69, 9.17) is 10.00 Å². The maximum Gasteiger partial charge on any atom is 0.416 e. The van der Waals surface area contributed by atoms with E-state index in [1.165, 1.54) is 12.1 Å². The van der Waals surface area contributed by atoms with Gasteiger partial charge in [-0.1, -0.05) is 30.3 Å². The Bertz CT molecular complexity index is 659. The minimum atomic E-state index is -4.38. The number of halogens is 3. The molecule has 0 amide bonds. The molecule has 2 nitrogen and oxygen atoms in total. The Labute approximate surface area is 120 Å². The molecule has 108 valence electrons. The third kappa shape index (κ3) is 4.25. The number of alkyl halides is 3. The molecule has 0 atom stereocenters. The predicted molar refractivity (Wildman–Crippen MR) is 71.5 cm³/mol. The lowest BCUT2D eigenvalue weighted by Crippen LogP contribution is -2.05. The first-order valence-electron chi connectivity index (χ1n) is 6.24. The van der Waals surface area contributed by atoms with Crippen LogP contribution < -0.4 is 4.74 Å². The molecule has 2 aromatic carbocycles. The Balaban J connectivity index is 2.07. The van der Waals surface area contributed by atoms with E-state index in [2.05, 4.69) is 0 Å². The van der Waals surface area contributed by atoms with Gasteiger partial charge >= 0.3 is 6.18 Å². The van der Waals surface area contributed by atoms with E-state index in [1.54, 1.807) is 18.2 Å². The molecule has 21 heavy (non-hydrogen) atoms. The summed E-state index contributed by atoms with van der Waals surface area (Å²) in [5.41, 5.74) is 0.918. The summed E-state index contributed by atoms with van der Waals surface area (Å²) >= 11 is 0.